The second kappa shape index (κ2) is 3.06. The molecule has 0 aliphatic carbocycles. The fourth-order valence-electron chi connectivity index (χ4n) is 0.329. The van der Waals surface area contributed by atoms with Crippen molar-refractivity contribution in [2.45, 2.75) is 18.4 Å². The summed E-state index contributed by atoms with van der Waals surface area (Å²) < 4.78 is 82.4. The number of alkyl halides is 7. The second-order valence-electron chi connectivity index (χ2n) is 1.79. The van der Waals surface area contributed by atoms with Gasteiger partial charge in [-0.1, -0.05) is 0 Å². The third-order valence-electron chi connectivity index (χ3n) is 0.807. The van der Waals surface area contributed by atoms with E-state index in [-0.39, 0.29) is 5.92 Å². The smallest absolute Gasteiger partial charge is 0.235 e. The summed E-state index contributed by atoms with van der Waals surface area (Å²) in [6, 6.07) is 0. The van der Waals surface area contributed by atoms with Crippen molar-refractivity contribution < 1.29 is 35.5 Å². The molecule has 0 unspecified atom stereocenters. The molecule has 0 amide bonds. The predicted octanol–water partition coefficient (Wildman–Crippen LogP) is 2.38. The van der Waals surface area contributed by atoms with Crippen molar-refractivity contribution in [3.8, 4) is 12.3 Å². The van der Waals surface area contributed by atoms with Gasteiger partial charge in [-0.15, -0.1) is 19.6 Å². The van der Waals surface area contributed by atoms with E-state index in [0.717, 1.165) is 0 Å². The normalized spacial score (nSPS) is 17.7. The first-order valence-electron chi connectivity index (χ1n) is 2.52. The third-order valence-corrected chi connectivity index (χ3v) is 0.807. The average molecular weight is 210 g/mol. The van der Waals surface area contributed by atoms with Crippen molar-refractivity contribution in [1.82, 2.24) is 0 Å². The summed E-state index contributed by atoms with van der Waals surface area (Å²) in [6.45, 7) is 0. The number of hydrogen-bond donors (Lipinski definition) is 0. The molecule has 76 valence electrons. The molecule has 0 aliphatic rings. The lowest BCUT2D eigenvalue weighted by Crippen LogP contribution is -2.45. The molecule has 8 heteroatoms. The van der Waals surface area contributed by atoms with E-state index < -0.39 is 18.4 Å². The highest BCUT2D eigenvalue weighted by molar-refractivity contribution is 5.06. The number of terminal acetylenes is 1. The highest BCUT2D eigenvalue weighted by Gasteiger charge is 2.62. The van der Waals surface area contributed by atoms with E-state index in [1.54, 1.807) is 0 Å². The summed E-state index contributed by atoms with van der Waals surface area (Å²) in [6.07, 6.45) is -7.80. The van der Waals surface area contributed by atoms with Crippen LogP contribution in [0, 0.1) is 12.3 Å². The van der Waals surface area contributed by atoms with E-state index in [0.29, 0.717) is 0 Å². The van der Waals surface area contributed by atoms with E-state index >= 15 is 0 Å². The Morgan fingerprint density at radius 3 is 1.38 bits per heavy atom. The Labute approximate surface area is 67.5 Å². The zero-order chi connectivity index (χ0) is 10.9. The summed E-state index contributed by atoms with van der Waals surface area (Å²) in [7, 11) is 0. The van der Waals surface area contributed by atoms with Crippen LogP contribution in [0.15, 0.2) is 0 Å². The van der Waals surface area contributed by atoms with Gasteiger partial charge in [0.25, 0.3) is 0 Å². The number of rotatable bonds is 1. The molecule has 0 bridgehead atoms. The Morgan fingerprint density at radius 2 is 1.31 bits per heavy atom. The molecule has 0 radical (unpaired) electrons. The molecule has 0 aromatic rings. The van der Waals surface area contributed by atoms with E-state index in [9.17, 15) is 30.7 Å². The summed E-state index contributed by atoms with van der Waals surface area (Å²) in [4.78, 5) is 0. The highest BCUT2D eigenvalue weighted by atomic mass is 19.4. The predicted molar refractivity (Wildman–Crippen MR) is 25.9 cm³/mol. The first kappa shape index (κ1) is 12.0. The fraction of sp³-hybridized carbons (Fsp3) is 0.600. The van der Waals surface area contributed by atoms with Crippen molar-refractivity contribution in [3.05, 3.63) is 0 Å². The average Bonchev–Trinajstić information content (AvgIpc) is 1.81. The van der Waals surface area contributed by atoms with Gasteiger partial charge in [0.15, 0.2) is 0 Å². The largest absolute Gasteiger partial charge is 0.526 e. The van der Waals surface area contributed by atoms with Gasteiger partial charge in [0.2, 0.25) is 0 Å². The van der Waals surface area contributed by atoms with Crippen LogP contribution in [0.4, 0.5) is 30.7 Å². The van der Waals surface area contributed by atoms with Gasteiger partial charge in [0.05, 0.1) is 0 Å². The van der Waals surface area contributed by atoms with Crippen molar-refractivity contribution in [2.24, 2.45) is 0 Å². The molecular formula is C5HF7O. The van der Waals surface area contributed by atoms with E-state index in [1.165, 1.54) is 0 Å². The number of ether oxygens (including phenoxy) is 1. The van der Waals surface area contributed by atoms with Crippen LogP contribution in [-0.2, 0) is 4.74 Å². The molecule has 1 nitrogen and oxygen atoms in total. The first-order valence-corrected chi connectivity index (χ1v) is 2.52. The van der Waals surface area contributed by atoms with Gasteiger partial charge in [-0.05, 0) is 5.92 Å². The third kappa shape index (κ3) is 3.10. The van der Waals surface area contributed by atoms with Crippen LogP contribution in [0.2, 0.25) is 0 Å². The molecule has 13 heavy (non-hydrogen) atoms. The minimum absolute atomic E-state index is 0.241. The van der Waals surface area contributed by atoms with Gasteiger partial charge in [0, 0.05) is 0 Å². The maximum absolute atomic E-state index is 12.2. The Hall–Kier alpha value is -0.970. The Kier molecular flexibility index (Phi) is 2.84. The highest BCUT2D eigenvalue weighted by Crippen LogP contribution is 2.38. The molecule has 0 saturated heterocycles. The van der Waals surface area contributed by atoms with E-state index in [4.69, 9.17) is 0 Å². The zero-order valence-corrected chi connectivity index (χ0v) is 5.63. The van der Waals surface area contributed by atoms with Crippen LogP contribution in [0.25, 0.3) is 0 Å². The maximum atomic E-state index is 12.2. The first-order chi connectivity index (χ1) is 5.52. The minimum atomic E-state index is -5.93. The quantitative estimate of drug-likeness (QED) is 0.476. The van der Waals surface area contributed by atoms with Crippen LogP contribution >= 0.6 is 0 Å². The van der Waals surface area contributed by atoms with E-state index in [2.05, 4.69) is 11.2 Å². The van der Waals surface area contributed by atoms with Crippen LogP contribution in [0.5, 0.6) is 0 Å². The van der Waals surface area contributed by atoms with Gasteiger partial charge in [0.1, 0.15) is 0 Å². The minimum Gasteiger partial charge on any atom is -0.235 e. The standard InChI is InChI=1S/C5HF7O/c1-2-3(6,4(7,8)9)13-5(10,11)12/h1H/t3-/m0/s1. The van der Waals surface area contributed by atoms with Gasteiger partial charge < -0.3 is 0 Å². The summed E-state index contributed by atoms with van der Waals surface area (Å²) >= 11 is 0. The molecular weight excluding hydrogens is 209 g/mol. The van der Waals surface area contributed by atoms with Crippen LogP contribution in [-0.4, -0.2) is 18.4 Å². The van der Waals surface area contributed by atoms with Gasteiger partial charge in [-0.3, -0.25) is 0 Å². The molecule has 0 heterocycles. The monoisotopic (exact) mass is 210 g/mol. The number of hydrogen-bond acceptors (Lipinski definition) is 1. The lowest BCUT2D eigenvalue weighted by atomic mass is 10.3. The Balaban J connectivity index is 4.81. The van der Waals surface area contributed by atoms with Gasteiger partial charge in [-0.2, -0.15) is 17.6 Å². The fourth-order valence-corrected chi connectivity index (χ4v) is 0.329. The topological polar surface area (TPSA) is 9.23 Å². The van der Waals surface area contributed by atoms with Crippen molar-refractivity contribution in [2.75, 3.05) is 0 Å². The van der Waals surface area contributed by atoms with Gasteiger partial charge in [-0.25, -0.2) is 4.74 Å². The molecule has 0 rings (SSSR count). The number of halogens is 7. The summed E-state index contributed by atoms with van der Waals surface area (Å²) in [5.41, 5.74) is 0. The van der Waals surface area contributed by atoms with Crippen molar-refractivity contribution >= 4 is 0 Å². The van der Waals surface area contributed by atoms with Gasteiger partial charge >= 0.3 is 18.4 Å². The molecule has 0 aromatic carbocycles. The molecule has 1 atom stereocenters. The summed E-state index contributed by atoms with van der Waals surface area (Å²) in [5, 5.41) is 0. The van der Waals surface area contributed by atoms with E-state index in [1.807, 2.05) is 0 Å². The SMILES string of the molecule is C#C[C@](F)(OC(F)(F)F)C(F)(F)F. The maximum Gasteiger partial charge on any atom is 0.526 e. The van der Waals surface area contributed by atoms with Crippen LogP contribution in [0.1, 0.15) is 0 Å². The molecule has 0 N–H and O–H groups in total. The van der Waals surface area contributed by atoms with Crippen molar-refractivity contribution in [3.63, 3.8) is 0 Å². The second-order valence-corrected chi connectivity index (χ2v) is 1.79. The Morgan fingerprint density at radius 1 is 0.923 bits per heavy atom. The molecule has 0 spiro atoms. The van der Waals surface area contributed by atoms with Crippen LogP contribution in [0.3, 0.4) is 0 Å². The Bertz CT molecular complexity index is 221. The lowest BCUT2D eigenvalue weighted by Gasteiger charge is -2.23. The molecule has 0 fully saturated rings. The lowest BCUT2D eigenvalue weighted by molar-refractivity contribution is -0.429. The van der Waals surface area contributed by atoms with Crippen molar-refractivity contribution in [1.29, 1.82) is 0 Å². The van der Waals surface area contributed by atoms with Crippen LogP contribution < -0.4 is 0 Å². The molecule has 0 aromatic heterocycles. The molecule has 0 aliphatic heterocycles. The summed E-state index contributed by atoms with van der Waals surface area (Å²) in [5.74, 6) is -4.89. The zero-order valence-electron chi connectivity index (χ0n) is 5.63. The molecule has 0 saturated carbocycles.